The molecule has 0 spiro atoms. The first kappa shape index (κ1) is 24.3. The van der Waals surface area contributed by atoms with Crippen molar-refractivity contribution in [3.8, 4) is 0 Å². The summed E-state index contributed by atoms with van der Waals surface area (Å²) in [5, 5.41) is 1.55. The molecule has 2 aliphatic rings. The number of rotatable bonds is 3. The predicted molar refractivity (Wildman–Crippen MR) is 161 cm³/mol. The van der Waals surface area contributed by atoms with Gasteiger partial charge in [0.25, 0.3) is 4.74 Å². The number of hydrogen-bond acceptors (Lipinski definition) is 7. The molecule has 1 aliphatic heterocycles. The fourth-order valence-electron chi connectivity index (χ4n) is 5.42. The number of benzene rings is 1. The average Bonchev–Trinajstić information content (AvgIpc) is 3.28. The molecule has 4 aromatic heterocycles. The van der Waals surface area contributed by atoms with Gasteiger partial charge in [0.1, 0.15) is 15.0 Å². The molecule has 0 N–H and O–H groups in total. The molecule has 5 heterocycles. The van der Waals surface area contributed by atoms with Crippen molar-refractivity contribution < 1.29 is 0 Å². The Bertz CT molecular complexity index is 1950. The van der Waals surface area contributed by atoms with Crippen LogP contribution in [0.1, 0.15) is 46.8 Å². The standard InChI is InChI=1S/C31H22N4OS3/c36-30-24(18-19-5-2-1-3-6-19)35-29(37)26-25-22(17-20-9-13-32-14-10-20)7-4-8-23(25)27(21-11-15-33-16-12-21)38-28(26)34-31(35)39-30/h1-3,5-6,9-18,27H,4,7-8H2/b22-17+,24-18+. The van der Waals surface area contributed by atoms with E-state index in [4.69, 9.17) is 17.2 Å². The number of allylic oxidation sites excluding steroid dienone is 2. The van der Waals surface area contributed by atoms with Gasteiger partial charge in [0.05, 0.1) is 5.25 Å². The summed E-state index contributed by atoms with van der Waals surface area (Å²) in [4.78, 5) is 27.4. The van der Waals surface area contributed by atoms with Crippen molar-refractivity contribution in [3.05, 3.63) is 132 Å². The molecule has 1 atom stereocenters. The molecule has 0 saturated carbocycles. The van der Waals surface area contributed by atoms with E-state index < -0.39 is 0 Å². The summed E-state index contributed by atoms with van der Waals surface area (Å²) in [6.45, 7) is 0. The number of pyridine rings is 2. The van der Waals surface area contributed by atoms with E-state index in [1.165, 1.54) is 22.3 Å². The maximum absolute atomic E-state index is 13.2. The van der Waals surface area contributed by atoms with E-state index in [-0.39, 0.29) is 9.99 Å². The summed E-state index contributed by atoms with van der Waals surface area (Å²) in [5.74, 6) is 0. The van der Waals surface area contributed by atoms with Crippen LogP contribution in [0.2, 0.25) is 0 Å². The molecule has 1 unspecified atom stereocenters. The fraction of sp³-hybridized carbons (Fsp3) is 0.129. The van der Waals surface area contributed by atoms with Gasteiger partial charge < -0.3 is 0 Å². The van der Waals surface area contributed by atoms with Gasteiger partial charge in [-0.25, -0.2) is 4.98 Å². The third-order valence-corrected chi connectivity index (χ3v) is 9.69. The van der Waals surface area contributed by atoms with Gasteiger partial charge in [0.15, 0.2) is 4.96 Å². The van der Waals surface area contributed by atoms with Gasteiger partial charge in [-0.3, -0.25) is 19.2 Å². The lowest BCUT2D eigenvalue weighted by Crippen LogP contribution is -2.25. The molecule has 5 nitrogen and oxygen atoms in total. The molecule has 0 saturated heterocycles. The van der Waals surface area contributed by atoms with Gasteiger partial charge in [-0.1, -0.05) is 71.7 Å². The maximum atomic E-state index is 13.2. The zero-order valence-electron chi connectivity index (χ0n) is 20.8. The number of nitrogens with zero attached hydrogens (tertiary/aromatic N) is 4. The van der Waals surface area contributed by atoms with Crippen LogP contribution in [0.25, 0.3) is 22.7 Å². The normalized spacial score (nSPS) is 18.4. The minimum absolute atomic E-state index is 0.0408. The second-order valence-corrected chi connectivity index (χ2v) is 11.9. The third-order valence-electron chi connectivity index (χ3n) is 7.14. The Morgan fingerprint density at radius 1 is 0.897 bits per heavy atom. The molecular weight excluding hydrogens is 541 g/mol. The van der Waals surface area contributed by atoms with Gasteiger partial charge in [0.2, 0.25) is 0 Å². The van der Waals surface area contributed by atoms with E-state index in [2.05, 4.69) is 28.2 Å². The number of aromatic nitrogens is 4. The molecule has 7 rings (SSSR count). The molecule has 5 aromatic rings. The largest absolute Gasteiger partial charge is 0.275 e. The van der Waals surface area contributed by atoms with E-state index in [1.54, 1.807) is 11.8 Å². The molecule has 1 aromatic carbocycles. The van der Waals surface area contributed by atoms with Gasteiger partial charge in [-0.05, 0) is 83.0 Å². The molecule has 0 bridgehead atoms. The summed E-state index contributed by atoms with van der Waals surface area (Å²) in [5.41, 5.74) is 8.03. The third kappa shape index (κ3) is 4.38. The van der Waals surface area contributed by atoms with Gasteiger partial charge in [-0.2, -0.15) is 0 Å². The summed E-state index contributed by atoms with van der Waals surface area (Å²) in [6.07, 6.45) is 14.5. The van der Waals surface area contributed by atoms with Crippen molar-refractivity contribution in [2.24, 2.45) is 0 Å². The number of hydrogen-bond donors (Lipinski definition) is 0. The van der Waals surface area contributed by atoms with Crippen molar-refractivity contribution in [2.75, 3.05) is 0 Å². The van der Waals surface area contributed by atoms with Gasteiger partial charge in [-0.15, -0.1) is 0 Å². The molecule has 39 heavy (non-hydrogen) atoms. The minimum Gasteiger partial charge on any atom is -0.275 e. The lowest BCUT2D eigenvalue weighted by molar-refractivity contribution is 0.762. The highest BCUT2D eigenvalue weighted by atomic mass is 32.2. The Labute approximate surface area is 238 Å². The molecule has 0 fully saturated rings. The number of thioether (sulfide) groups is 1. The van der Waals surface area contributed by atoms with Crippen LogP contribution in [-0.2, 0) is 0 Å². The van der Waals surface area contributed by atoms with Crippen molar-refractivity contribution in [1.29, 1.82) is 0 Å². The van der Waals surface area contributed by atoms with Gasteiger partial charge >= 0.3 is 0 Å². The first-order chi connectivity index (χ1) is 19.2. The van der Waals surface area contributed by atoms with Crippen molar-refractivity contribution in [3.63, 3.8) is 0 Å². The zero-order chi connectivity index (χ0) is 26.3. The van der Waals surface area contributed by atoms with Crippen molar-refractivity contribution in [2.45, 2.75) is 29.5 Å². The summed E-state index contributed by atoms with van der Waals surface area (Å²) in [7, 11) is 0. The van der Waals surface area contributed by atoms with Crippen molar-refractivity contribution in [1.82, 2.24) is 19.4 Å². The Hall–Kier alpha value is -3.72. The molecule has 1 aliphatic carbocycles. The molecule has 8 heteroatoms. The SMILES string of the molecule is O=c1sc2nc3c(c(=S)n2/c1=C/c1ccccc1)C1=C(CCC/C1=C\c1ccncc1)C(c1ccncc1)S3. The van der Waals surface area contributed by atoms with Crippen LogP contribution in [0.4, 0.5) is 0 Å². The molecule has 0 radical (unpaired) electrons. The van der Waals surface area contributed by atoms with Crippen LogP contribution in [0.15, 0.2) is 100 Å². The second kappa shape index (κ2) is 10.1. The number of thiazole rings is 1. The summed E-state index contributed by atoms with van der Waals surface area (Å²) >= 11 is 9.10. The molecular formula is C31H22N4OS3. The first-order valence-corrected chi connectivity index (χ1v) is 14.8. The fourth-order valence-corrected chi connectivity index (χ4v) is 8.18. The van der Waals surface area contributed by atoms with E-state index in [0.29, 0.717) is 15.0 Å². The zero-order valence-corrected chi connectivity index (χ0v) is 23.2. The molecule has 0 amide bonds. The number of fused-ring (bicyclic) bond motifs is 3. The molecule has 190 valence electrons. The first-order valence-electron chi connectivity index (χ1n) is 12.7. The lowest BCUT2D eigenvalue weighted by Gasteiger charge is -2.34. The van der Waals surface area contributed by atoms with E-state index in [9.17, 15) is 4.79 Å². The van der Waals surface area contributed by atoms with Crippen LogP contribution in [0.5, 0.6) is 0 Å². The van der Waals surface area contributed by atoms with E-state index in [1.807, 2.05) is 77.7 Å². The Balaban J connectivity index is 1.53. The summed E-state index contributed by atoms with van der Waals surface area (Å²) in [6, 6.07) is 18.1. The van der Waals surface area contributed by atoms with E-state index in [0.717, 1.165) is 52.3 Å². The van der Waals surface area contributed by atoms with Crippen LogP contribution in [0.3, 0.4) is 0 Å². The second-order valence-electron chi connectivity index (χ2n) is 9.53. The smallest absolute Gasteiger partial charge is 0.259 e. The highest BCUT2D eigenvalue weighted by Crippen LogP contribution is 2.55. The summed E-state index contributed by atoms with van der Waals surface area (Å²) < 4.78 is 2.48. The minimum atomic E-state index is -0.0408. The highest BCUT2D eigenvalue weighted by Gasteiger charge is 2.35. The predicted octanol–water partition coefficient (Wildman–Crippen LogP) is 6.69. The highest BCUT2D eigenvalue weighted by molar-refractivity contribution is 7.99. The van der Waals surface area contributed by atoms with Crippen LogP contribution in [0, 0.1) is 4.64 Å². The van der Waals surface area contributed by atoms with E-state index >= 15 is 0 Å². The maximum Gasteiger partial charge on any atom is 0.259 e. The van der Waals surface area contributed by atoms with Crippen LogP contribution >= 0.6 is 35.3 Å². The quantitative estimate of drug-likeness (QED) is 0.180. The van der Waals surface area contributed by atoms with Gasteiger partial charge in [0, 0.05) is 30.4 Å². The van der Waals surface area contributed by atoms with Crippen molar-refractivity contribution >= 4 is 58.0 Å². The lowest BCUT2D eigenvalue weighted by atomic mass is 9.80. The topological polar surface area (TPSA) is 60.2 Å². The Morgan fingerprint density at radius 2 is 1.62 bits per heavy atom. The Morgan fingerprint density at radius 3 is 2.38 bits per heavy atom. The Kier molecular flexibility index (Phi) is 6.31. The monoisotopic (exact) mass is 562 g/mol. The average molecular weight is 563 g/mol. The van der Waals surface area contributed by atoms with Crippen LogP contribution < -0.4 is 10.1 Å². The van der Waals surface area contributed by atoms with Crippen LogP contribution in [-0.4, -0.2) is 19.4 Å².